The van der Waals surface area contributed by atoms with Crippen LogP contribution in [0.25, 0.3) is 0 Å². The first-order valence-corrected chi connectivity index (χ1v) is 6.80. The summed E-state index contributed by atoms with van der Waals surface area (Å²) in [7, 11) is 0. The van der Waals surface area contributed by atoms with Crippen LogP contribution in [-0.2, 0) is 6.54 Å². The van der Waals surface area contributed by atoms with E-state index in [0.717, 1.165) is 17.9 Å². The Morgan fingerprint density at radius 2 is 1.88 bits per heavy atom. The van der Waals surface area contributed by atoms with Crippen LogP contribution in [0.3, 0.4) is 0 Å². The minimum absolute atomic E-state index is 0.833. The summed E-state index contributed by atoms with van der Waals surface area (Å²) < 4.78 is 0. The van der Waals surface area contributed by atoms with Gasteiger partial charge in [0.1, 0.15) is 0 Å². The lowest BCUT2D eigenvalue weighted by atomic mass is 10.2. The van der Waals surface area contributed by atoms with E-state index in [1.165, 1.54) is 10.5 Å². The molecule has 0 bridgehead atoms. The van der Waals surface area contributed by atoms with Crippen molar-refractivity contribution in [3.63, 3.8) is 0 Å². The molecule has 3 heteroatoms. The van der Waals surface area contributed by atoms with Crippen LogP contribution < -0.4 is 5.32 Å². The number of aromatic nitrogens is 1. The van der Waals surface area contributed by atoms with Crippen molar-refractivity contribution in [1.29, 1.82) is 0 Å². The first kappa shape index (κ1) is 12.0. The third-order valence-corrected chi connectivity index (χ3v) is 3.31. The van der Waals surface area contributed by atoms with Gasteiger partial charge in [0.15, 0.2) is 0 Å². The molecule has 0 aliphatic carbocycles. The van der Waals surface area contributed by atoms with E-state index in [1.807, 2.05) is 19.2 Å². The molecule has 0 radical (unpaired) electrons. The van der Waals surface area contributed by atoms with Crippen LogP contribution in [0.5, 0.6) is 0 Å². The highest BCUT2D eigenvalue weighted by Gasteiger charge is 1.95. The maximum Gasteiger partial charge on any atom is 0.0529 e. The molecule has 17 heavy (non-hydrogen) atoms. The van der Waals surface area contributed by atoms with E-state index < -0.39 is 0 Å². The maximum atomic E-state index is 4.25. The Balaban J connectivity index is 1.95. The van der Waals surface area contributed by atoms with Gasteiger partial charge in [-0.3, -0.25) is 4.98 Å². The molecule has 0 unspecified atom stereocenters. The zero-order chi connectivity index (χ0) is 12.1. The molecule has 0 saturated heterocycles. The number of hydrogen-bond donors (Lipinski definition) is 1. The van der Waals surface area contributed by atoms with E-state index in [4.69, 9.17) is 0 Å². The molecule has 2 rings (SSSR count). The number of nitrogens with one attached hydrogen (secondary N) is 1. The zero-order valence-corrected chi connectivity index (χ0v) is 10.9. The quantitative estimate of drug-likeness (QED) is 0.830. The van der Waals surface area contributed by atoms with E-state index in [-0.39, 0.29) is 0 Å². The van der Waals surface area contributed by atoms with Crippen LogP contribution in [-0.4, -0.2) is 11.2 Å². The highest BCUT2D eigenvalue weighted by Crippen LogP contribution is 2.15. The van der Waals surface area contributed by atoms with Crippen LogP contribution in [0.1, 0.15) is 11.3 Å². The highest BCUT2D eigenvalue weighted by molar-refractivity contribution is 7.98. The number of anilines is 1. The third kappa shape index (κ3) is 3.49. The van der Waals surface area contributed by atoms with Gasteiger partial charge in [0.2, 0.25) is 0 Å². The second-order valence-corrected chi connectivity index (χ2v) is 4.77. The predicted octanol–water partition coefficient (Wildman–Crippen LogP) is 3.72. The van der Waals surface area contributed by atoms with Crippen LogP contribution in [0.2, 0.25) is 0 Å². The summed E-state index contributed by atoms with van der Waals surface area (Å²) in [4.78, 5) is 5.55. The van der Waals surface area contributed by atoms with Crippen molar-refractivity contribution >= 4 is 17.4 Å². The van der Waals surface area contributed by atoms with Gasteiger partial charge in [-0.25, -0.2) is 0 Å². The number of rotatable bonds is 4. The number of pyridine rings is 1. The van der Waals surface area contributed by atoms with Gasteiger partial charge in [0, 0.05) is 17.1 Å². The van der Waals surface area contributed by atoms with Gasteiger partial charge in [-0.1, -0.05) is 12.1 Å². The Bertz CT molecular complexity index is 463. The van der Waals surface area contributed by atoms with Crippen LogP contribution in [0.4, 0.5) is 5.69 Å². The van der Waals surface area contributed by atoms with Crippen LogP contribution >= 0.6 is 11.8 Å². The summed E-state index contributed by atoms with van der Waals surface area (Å²) in [5, 5.41) is 3.36. The van der Waals surface area contributed by atoms with E-state index in [0.29, 0.717) is 0 Å². The molecule has 0 aliphatic heterocycles. The fraction of sp³-hybridized carbons (Fsp3) is 0.214. The van der Waals surface area contributed by atoms with E-state index >= 15 is 0 Å². The second-order valence-electron chi connectivity index (χ2n) is 3.89. The van der Waals surface area contributed by atoms with Crippen LogP contribution in [0, 0.1) is 6.92 Å². The monoisotopic (exact) mass is 244 g/mol. The third-order valence-electron chi connectivity index (χ3n) is 2.57. The molecular formula is C14H16N2S. The molecule has 0 amide bonds. The van der Waals surface area contributed by atoms with E-state index in [1.54, 1.807) is 11.8 Å². The van der Waals surface area contributed by atoms with E-state index in [2.05, 4.69) is 46.9 Å². The molecule has 0 atom stereocenters. The van der Waals surface area contributed by atoms with Crippen molar-refractivity contribution in [3.8, 4) is 0 Å². The Morgan fingerprint density at radius 3 is 2.47 bits per heavy atom. The molecule has 0 aliphatic rings. The lowest BCUT2D eigenvalue weighted by Crippen LogP contribution is -1.99. The summed E-state index contributed by atoms with van der Waals surface area (Å²) >= 11 is 1.76. The average Bonchev–Trinajstić information content (AvgIpc) is 2.39. The van der Waals surface area contributed by atoms with Crippen molar-refractivity contribution in [3.05, 3.63) is 53.9 Å². The Hall–Kier alpha value is -1.48. The second kappa shape index (κ2) is 5.73. The summed E-state index contributed by atoms with van der Waals surface area (Å²) in [5.41, 5.74) is 3.38. The molecule has 1 aromatic carbocycles. The first-order chi connectivity index (χ1) is 8.28. The lowest BCUT2D eigenvalue weighted by Gasteiger charge is -2.06. The molecule has 0 saturated carbocycles. The topological polar surface area (TPSA) is 24.9 Å². The number of aryl methyl sites for hydroxylation is 1. The van der Waals surface area contributed by atoms with Crippen molar-refractivity contribution in [2.24, 2.45) is 0 Å². The Labute approximate surface area is 106 Å². The largest absolute Gasteiger partial charge is 0.380 e. The number of nitrogens with zero attached hydrogens (tertiary/aromatic N) is 1. The number of benzene rings is 1. The fourth-order valence-electron chi connectivity index (χ4n) is 1.52. The highest BCUT2D eigenvalue weighted by atomic mass is 32.2. The molecule has 1 heterocycles. The molecule has 0 fully saturated rings. The summed E-state index contributed by atoms with van der Waals surface area (Å²) in [5.74, 6) is 0. The van der Waals surface area contributed by atoms with Crippen molar-refractivity contribution < 1.29 is 0 Å². The van der Waals surface area contributed by atoms with Gasteiger partial charge in [-0.05, 0) is 43.0 Å². The molecule has 2 nitrogen and oxygen atoms in total. The smallest absolute Gasteiger partial charge is 0.0529 e. The molecule has 0 spiro atoms. The van der Waals surface area contributed by atoms with E-state index in [9.17, 15) is 0 Å². The molecule has 1 N–H and O–H groups in total. The molecule has 88 valence electrons. The van der Waals surface area contributed by atoms with Crippen molar-refractivity contribution in [2.75, 3.05) is 11.6 Å². The average molecular weight is 244 g/mol. The Morgan fingerprint density at radius 1 is 1.12 bits per heavy atom. The summed E-state index contributed by atoms with van der Waals surface area (Å²) in [6.07, 6.45) is 3.96. The summed E-state index contributed by atoms with van der Waals surface area (Å²) in [6.45, 7) is 2.82. The van der Waals surface area contributed by atoms with Gasteiger partial charge < -0.3 is 5.32 Å². The van der Waals surface area contributed by atoms with Gasteiger partial charge in [0.05, 0.1) is 11.9 Å². The SMILES string of the molecule is CSc1ccc(CNc2ccc(C)nc2)cc1. The molecule has 2 aromatic rings. The van der Waals surface area contributed by atoms with Gasteiger partial charge in [-0.2, -0.15) is 0 Å². The molecular weight excluding hydrogens is 228 g/mol. The van der Waals surface area contributed by atoms with Gasteiger partial charge in [-0.15, -0.1) is 11.8 Å². The van der Waals surface area contributed by atoms with Crippen molar-refractivity contribution in [1.82, 2.24) is 4.98 Å². The normalized spacial score (nSPS) is 10.2. The van der Waals surface area contributed by atoms with Crippen molar-refractivity contribution in [2.45, 2.75) is 18.4 Å². The van der Waals surface area contributed by atoms with Gasteiger partial charge >= 0.3 is 0 Å². The predicted molar refractivity (Wildman–Crippen MR) is 74.5 cm³/mol. The minimum Gasteiger partial charge on any atom is -0.380 e. The lowest BCUT2D eigenvalue weighted by molar-refractivity contribution is 1.12. The zero-order valence-electron chi connectivity index (χ0n) is 10.1. The maximum absolute atomic E-state index is 4.25. The first-order valence-electron chi connectivity index (χ1n) is 5.57. The standard InChI is InChI=1S/C14H16N2S/c1-11-3-6-13(10-15-11)16-9-12-4-7-14(17-2)8-5-12/h3-8,10,16H,9H2,1-2H3. The number of thioether (sulfide) groups is 1. The number of hydrogen-bond acceptors (Lipinski definition) is 3. The molecule has 1 aromatic heterocycles. The fourth-order valence-corrected chi connectivity index (χ4v) is 1.93. The summed E-state index contributed by atoms with van der Waals surface area (Å²) in [6, 6.07) is 12.7. The Kier molecular flexibility index (Phi) is 4.04. The minimum atomic E-state index is 0.833. The van der Waals surface area contributed by atoms with Gasteiger partial charge in [0.25, 0.3) is 0 Å². The van der Waals surface area contributed by atoms with Crippen LogP contribution in [0.15, 0.2) is 47.5 Å².